The molecule has 0 radical (unpaired) electrons. The van der Waals surface area contributed by atoms with Gasteiger partial charge in [0.2, 0.25) is 10.0 Å². The number of nitrogens with zero attached hydrogens (tertiary/aromatic N) is 1. The molecule has 21 heavy (non-hydrogen) atoms. The predicted octanol–water partition coefficient (Wildman–Crippen LogP) is 0.330. The van der Waals surface area contributed by atoms with Gasteiger partial charge in [-0.25, -0.2) is 17.2 Å². The lowest BCUT2D eigenvalue weighted by Gasteiger charge is -2.26. The van der Waals surface area contributed by atoms with E-state index < -0.39 is 33.2 Å². The fourth-order valence-corrected chi connectivity index (χ4v) is 3.55. The Hall–Kier alpha value is -1.53. The molecule has 5 nitrogen and oxygen atoms in total. The lowest BCUT2D eigenvalue weighted by atomic mass is 10.2. The summed E-state index contributed by atoms with van der Waals surface area (Å²) in [5.74, 6) is 2.33. The van der Waals surface area contributed by atoms with E-state index >= 15 is 0 Å². The van der Waals surface area contributed by atoms with Crippen LogP contribution in [0.3, 0.4) is 0 Å². The van der Waals surface area contributed by atoms with Gasteiger partial charge in [-0.2, -0.15) is 4.31 Å². The van der Waals surface area contributed by atoms with E-state index in [9.17, 15) is 17.2 Å². The van der Waals surface area contributed by atoms with E-state index in [1.165, 1.54) is 0 Å². The lowest BCUT2D eigenvalue weighted by Crippen LogP contribution is -2.41. The Labute approximate surface area is 121 Å². The average molecular weight is 317 g/mol. The first kappa shape index (κ1) is 15.9. The molecule has 0 amide bonds. The fraction of sp³-hybridized carbons (Fsp3) is 0.385. The van der Waals surface area contributed by atoms with Crippen LogP contribution in [0.25, 0.3) is 0 Å². The number of sulfonamides is 1. The van der Waals surface area contributed by atoms with E-state index in [0.29, 0.717) is 6.07 Å². The largest absolute Gasteiger partial charge is 0.384 e. The monoisotopic (exact) mass is 317 g/mol. The Bertz CT molecular complexity index is 688. The van der Waals surface area contributed by atoms with Crippen LogP contribution in [0.15, 0.2) is 17.0 Å². The first-order valence-corrected chi connectivity index (χ1v) is 7.57. The highest BCUT2D eigenvalue weighted by atomic mass is 32.2. The smallest absolute Gasteiger partial charge is 0.247 e. The number of halogens is 2. The molecule has 1 aromatic rings. The van der Waals surface area contributed by atoms with Gasteiger partial charge in [-0.3, -0.25) is 0 Å². The number of benzene rings is 1. The molecule has 0 aliphatic carbocycles. The van der Waals surface area contributed by atoms with Gasteiger partial charge in [0, 0.05) is 19.2 Å². The highest BCUT2D eigenvalue weighted by Gasteiger charge is 2.31. The van der Waals surface area contributed by atoms with Crippen molar-refractivity contribution in [1.82, 2.24) is 4.31 Å². The second-order valence-electron chi connectivity index (χ2n) is 4.24. The van der Waals surface area contributed by atoms with Crippen molar-refractivity contribution in [2.75, 3.05) is 32.9 Å². The van der Waals surface area contributed by atoms with E-state index in [-0.39, 0.29) is 31.9 Å². The average Bonchev–Trinajstić information content (AvgIpc) is 2.45. The SMILES string of the molecule is O=S(=O)(c1c(F)cc(F)cc1C#CCO)N1CCOCC1. The molecule has 0 aromatic heterocycles. The maximum Gasteiger partial charge on any atom is 0.247 e. The van der Waals surface area contributed by atoms with Gasteiger partial charge in [0.1, 0.15) is 23.1 Å². The first-order valence-electron chi connectivity index (χ1n) is 6.13. The van der Waals surface area contributed by atoms with Crippen LogP contribution in [0, 0.1) is 23.5 Å². The third-order valence-electron chi connectivity index (χ3n) is 2.88. The standard InChI is InChI=1S/C13H13F2NO4S/c14-11-8-10(2-1-5-17)13(12(15)9-11)21(18,19)16-3-6-20-7-4-16/h8-9,17H,3-7H2. The number of aliphatic hydroxyl groups excluding tert-OH is 1. The van der Waals surface area contributed by atoms with Crippen LogP contribution in [0.4, 0.5) is 8.78 Å². The van der Waals surface area contributed by atoms with Crippen LogP contribution in [0.2, 0.25) is 0 Å². The minimum Gasteiger partial charge on any atom is -0.384 e. The van der Waals surface area contributed by atoms with Gasteiger partial charge < -0.3 is 9.84 Å². The normalized spacial score (nSPS) is 16.3. The summed E-state index contributed by atoms with van der Waals surface area (Å²) in [6, 6.07) is 1.33. The molecule has 1 aliphatic heterocycles. The molecule has 0 bridgehead atoms. The van der Waals surface area contributed by atoms with Crippen molar-refractivity contribution in [2.45, 2.75) is 4.90 Å². The second kappa shape index (κ2) is 6.49. The molecule has 8 heteroatoms. The van der Waals surface area contributed by atoms with Gasteiger partial charge in [0.15, 0.2) is 0 Å². The molecule has 0 spiro atoms. The molecule has 1 aliphatic rings. The molecule has 1 fully saturated rings. The zero-order valence-electron chi connectivity index (χ0n) is 11.0. The molecule has 1 saturated heterocycles. The maximum atomic E-state index is 14.0. The summed E-state index contributed by atoms with van der Waals surface area (Å²) in [5, 5.41) is 8.67. The third-order valence-corrected chi connectivity index (χ3v) is 4.85. The molecule has 2 rings (SSSR count). The summed E-state index contributed by atoms with van der Waals surface area (Å²) in [6.45, 7) is 0.0482. The van der Waals surface area contributed by atoms with Crippen LogP contribution in [0.1, 0.15) is 5.56 Å². The molecule has 0 saturated carbocycles. The van der Waals surface area contributed by atoms with Crippen molar-refractivity contribution >= 4 is 10.0 Å². The predicted molar refractivity (Wildman–Crippen MR) is 69.9 cm³/mol. The van der Waals surface area contributed by atoms with Crippen LogP contribution in [-0.4, -0.2) is 50.7 Å². The molecular formula is C13H13F2NO4S. The van der Waals surface area contributed by atoms with E-state index in [2.05, 4.69) is 11.8 Å². The number of hydrogen-bond acceptors (Lipinski definition) is 4. The number of morpholine rings is 1. The second-order valence-corrected chi connectivity index (χ2v) is 6.12. The molecule has 1 heterocycles. The van der Waals surface area contributed by atoms with Crippen LogP contribution < -0.4 is 0 Å². The van der Waals surface area contributed by atoms with Gasteiger partial charge in [0.05, 0.1) is 18.8 Å². The maximum absolute atomic E-state index is 14.0. The number of aliphatic hydroxyl groups is 1. The third kappa shape index (κ3) is 3.39. The van der Waals surface area contributed by atoms with Crippen molar-refractivity contribution < 1.29 is 27.0 Å². The van der Waals surface area contributed by atoms with Crippen molar-refractivity contribution in [3.8, 4) is 11.8 Å². The Kier molecular flexibility index (Phi) is 4.90. The summed E-state index contributed by atoms with van der Waals surface area (Å²) < 4.78 is 58.3. The Morgan fingerprint density at radius 1 is 1.29 bits per heavy atom. The molecule has 114 valence electrons. The molecular weight excluding hydrogens is 304 g/mol. The summed E-state index contributed by atoms with van der Waals surface area (Å²) in [5.41, 5.74) is -0.312. The quantitative estimate of drug-likeness (QED) is 0.798. The van der Waals surface area contributed by atoms with Crippen LogP contribution in [-0.2, 0) is 14.8 Å². The minimum atomic E-state index is -4.14. The number of hydrogen-bond donors (Lipinski definition) is 1. The highest BCUT2D eigenvalue weighted by Crippen LogP contribution is 2.25. The molecule has 1 N–H and O–H groups in total. The Morgan fingerprint density at radius 3 is 2.57 bits per heavy atom. The van der Waals surface area contributed by atoms with E-state index in [4.69, 9.17) is 9.84 Å². The topological polar surface area (TPSA) is 66.8 Å². The van der Waals surface area contributed by atoms with Gasteiger partial charge >= 0.3 is 0 Å². The van der Waals surface area contributed by atoms with Gasteiger partial charge in [-0.15, -0.1) is 0 Å². The van der Waals surface area contributed by atoms with E-state index in [1.54, 1.807) is 0 Å². The van der Waals surface area contributed by atoms with Crippen molar-refractivity contribution in [2.24, 2.45) is 0 Å². The Morgan fingerprint density at radius 2 is 1.95 bits per heavy atom. The molecule has 0 atom stereocenters. The summed E-state index contributed by atoms with van der Waals surface area (Å²) in [4.78, 5) is -0.674. The van der Waals surface area contributed by atoms with Crippen molar-refractivity contribution in [3.05, 3.63) is 29.3 Å². The highest BCUT2D eigenvalue weighted by molar-refractivity contribution is 7.89. The zero-order chi connectivity index (χ0) is 15.5. The van der Waals surface area contributed by atoms with E-state index in [0.717, 1.165) is 10.4 Å². The van der Waals surface area contributed by atoms with Crippen LogP contribution in [0.5, 0.6) is 0 Å². The van der Waals surface area contributed by atoms with Gasteiger partial charge in [-0.1, -0.05) is 11.8 Å². The summed E-state index contributed by atoms with van der Waals surface area (Å²) >= 11 is 0. The van der Waals surface area contributed by atoms with Crippen molar-refractivity contribution in [3.63, 3.8) is 0 Å². The summed E-state index contributed by atoms with van der Waals surface area (Å²) in [6.07, 6.45) is 0. The van der Waals surface area contributed by atoms with Crippen molar-refractivity contribution in [1.29, 1.82) is 0 Å². The Balaban J connectivity index is 2.55. The lowest BCUT2D eigenvalue weighted by molar-refractivity contribution is 0.0729. The number of rotatable bonds is 2. The summed E-state index contributed by atoms with van der Waals surface area (Å²) in [7, 11) is -4.14. The van der Waals surface area contributed by atoms with Gasteiger partial charge in [0.25, 0.3) is 0 Å². The van der Waals surface area contributed by atoms with Crippen LogP contribution >= 0.6 is 0 Å². The number of ether oxygens (including phenoxy) is 1. The zero-order valence-corrected chi connectivity index (χ0v) is 11.8. The minimum absolute atomic E-state index is 0.0893. The fourth-order valence-electron chi connectivity index (χ4n) is 1.97. The first-order chi connectivity index (χ1) is 9.96. The van der Waals surface area contributed by atoms with E-state index in [1.807, 2.05) is 0 Å². The van der Waals surface area contributed by atoms with Gasteiger partial charge in [-0.05, 0) is 6.07 Å². The molecule has 0 unspecified atom stereocenters. The molecule has 1 aromatic carbocycles.